The molecule has 1 saturated heterocycles. The van der Waals surface area contributed by atoms with Crippen LogP contribution in [-0.4, -0.2) is 41.6 Å². The number of ketones is 1. The third kappa shape index (κ3) is 7.71. The molecule has 6 heteroatoms. The normalized spacial score (nSPS) is 36.1. The number of hydrogen-bond donors (Lipinski definition) is 0. The molecule has 2 aliphatic heterocycles. The highest BCUT2D eigenvalue weighted by Crippen LogP contribution is 2.35. The number of ether oxygens (including phenoxy) is 3. The molecule has 168 valence electrons. The van der Waals surface area contributed by atoms with Crippen LogP contribution in [0.2, 0.25) is 0 Å². The van der Waals surface area contributed by atoms with Gasteiger partial charge in [0.1, 0.15) is 18.0 Å². The maximum absolute atomic E-state index is 12.4. The summed E-state index contributed by atoms with van der Waals surface area (Å²) in [6.45, 7) is 11.4. The van der Waals surface area contributed by atoms with Crippen molar-refractivity contribution in [1.82, 2.24) is 0 Å². The molecule has 2 heterocycles. The van der Waals surface area contributed by atoms with Gasteiger partial charge in [-0.2, -0.15) is 0 Å². The molecular formula is C24H36O6. The fourth-order valence-corrected chi connectivity index (χ4v) is 4.12. The van der Waals surface area contributed by atoms with Crippen molar-refractivity contribution in [3.05, 3.63) is 23.8 Å². The molecule has 2 aliphatic rings. The van der Waals surface area contributed by atoms with Crippen LogP contribution in [0.4, 0.5) is 0 Å². The first-order valence-corrected chi connectivity index (χ1v) is 10.9. The number of cyclic esters (lactones) is 1. The summed E-state index contributed by atoms with van der Waals surface area (Å²) in [6, 6.07) is 0. The van der Waals surface area contributed by atoms with Crippen molar-refractivity contribution in [1.29, 1.82) is 0 Å². The van der Waals surface area contributed by atoms with Gasteiger partial charge in [0.15, 0.2) is 0 Å². The van der Waals surface area contributed by atoms with Gasteiger partial charge < -0.3 is 14.2 Å². The number of carbonyl (C=O) groups excluding carboxylic acids is 3. The number of hydrogen-bond acceptors (Lipinski definition) is 6. The lowest BCUT2D eigenvalue weighted by Gasteiger charge is -2.23. The first kappa shape index (κ1) is 24.3. The van der Waals surface area contributed by atoms with Crippen LogP contribution in [0.15, 0.2) is 23.8 Å². The summed E-state index contributed by atoms with van der Waals surface area (Å²) in [5.74, 6) is -1.07. The van der Waals surface area contributed by atoms with E-state index in [0.717, 1.165) is 18.4 Å². The predicted octanol–water partition coefficient (Wildman–Crippen LogP) is 4.32. The van der Waals surface area contributed by atoms with E-state index in [2.05, 4.69) is 6.08 Å². The van der Waals surface area contributed by atoms with Crippen LogP contribution in [0, 0.1) is 11.8 Å². The third-order valence-electron chi connectivity index (χ3n) is 5.62. The second-order valence-corrected chi connectivity index (χ2v) is 9.48. The zero-order chi connectivity index (χ0) is 22.5. The average molecular weight is 421 g/mol. The largest absolute Gasteiger partial charge is 0.461 e. The fraction of sp³-hybridized carbons (Fsp3) is 0.708. The summed E-state index contributed by atoms with van der Waals surface area (Å²) in [5.41, 5.74) is 0.790. The van der Waals surface area contributed by atoms with Gasteiger partial charge in [0.05, 0.1) is 18.1 Å². The van der Waals surface area contributed by atoms with Gasteiger partial charge in [0.25, 0.3) is 0 Å². The van der Waals surface area contributed by atoms with Crippen LogP contribution in [0.25, 0.3) is 0 Å². The van der Waals surface area contributed by atoms with E-state index in [1.54, 1.807) is 6.08 Å². The summed E-state index contributed by atoms with van der Waals surface area (Å²) in [6.07, 6.45) is 6.65. The molecule has 6 nitrogen and oxygen atoms in total. The lowest BCUT2D eigenvalue weighted by Crippen LogP contribution is -2.28. The Hall–Kier alpha value is -1.95. The first-order valence-electron chi connectivity index (χ1n) is 10.9. The van der Waals surface area contributed by atoms with Crippen LogP contribution in [-0.2, 0) is 28.6 Å². The number of fused-ring (bicyclic) bond motifs is 1. The molecule has 0 radical (unpaired) electrons. The Kier molecular flexibility index (Phi) is 8.42. The molecule has 0 N–H and O–H groups in total. The molecule has 0 saturated carbocycles. The molecule has 30 heavy (non-hydrogen) atoms. The maximum Gasteiger partial charge on any atom is 0.330 e. The van der Waals surface area contributed by atoms with Gasteiger partial charge in [0, 0.05) is 24.8 Å². The van der Waals surface area contributed by atoms with Crippen molar-refractivity contribution in [3.8, 4) is 0 Å². The minimum absolute atomic E-state index is 0.0137. The molecule has 2 rings (SSSR count). The molecule has 0 aromatic rings. The van der Waals surface area contributed by atoms with Gasteiger partial charge in [-0.15, -0.1) is 0 Å². The molecular weight excluding hydrogens is 384 g/mol. The first-order chi connectivity index (χ1) is 13.9. The third-order valence-corrected chi connectivity index (χ3v) is 5.62. The molecule has 0 aromatic carbocycles. The zero-order valence-corrected chi connectivity index (χ0v) is 19.1. The highest BCUT2D eigenvalue weighted by Gasteiger charge is 2.42. The SMILES string of the molecule is CC(=O)C[C@@H]1OC(=O)C[C@H](C)/C=C/C(=O)O[C@@H]2CC(C)(C)O[C@H]2CC/C(C)=C/[C@H]1C. The Morgan fingerprint density at radius 1 is 1.17 bits per heavy atom. The minimum atomic E-state index is -0.492. The summed E-state index contributed by atoms with van der Waals surface area (Å²) < 4.78 is 17.5. The highest BCUT2D eigenvalue weighted by atomic mass is 16.6. The molecule has 0 unspecified atom stereocenters. The number of esters is 2. The van der Waals surface area contributed by atoms with Crippen molar-refractivity contribution in [2.45, 2.75) is 97.6 Å². The Morgan fingerprint density at radius 3 is 2.53 bits per heavy atom. The van der Waals surface area contributed by atoms with Gasteiger partial charge in [0.2, 0.25) is 0 Å². The minimum Gasteiger partial charge on any atom is -0.461 e. The molecule has 0 spiro atoms. The van der Waals surface area contributed by atoms with Crippen LogP contribution in [0.5, 0.6) is 0 Å². The summed E-state index contributed by atoms with van der Waals surface area (Å²) >= 11 is 0. The Morgan fingerprint density at radius 2 is 1.87 bits per heavy atom. The number of carbonyl (C=O) groups is 3. The smallest absolute Gasteiger partial charge is 0.330 e. The van der Waals surface area contributed by atoms with E-state index in [9.17, 15) is 14.4 Å². The number of allylic oxidation sites excluding steroid dienone is 2. The monoisotopic (exact) mass is 420 g/mol. The maximum atomic E-state index is 12.4. The standard InChI is InChI=1S/C24H36O6/c1-15-7-9-19-21(14-24(5,6)30-19)29-22(26)10-8-16(2)12-23(27)28-20(13-18(4)25)17(3)11-15/h8,10-11,16-17,19-21H,7,9,12-14H2,1-6H3/b10-8+,15-11+/t16-,17-,19+,20+,21-/m1/s1. The summed E-state index contributed by atoms with van der Waals surface area (Å²) in [5, 5.41) is 0. The van der Waals surface area contributed by atoms with Gasteiger partial charge in [-0.1, -0.05) is 31.6 Å². The van der Waals surface area contributed by atoms with E-state index in [1.807, 2.05) is 34.6 Å². The van der Waals surface area contributed by atoms with Crippen molar-refractivity contribution < 1.29 is 28.6 Å². The van der Waals surface area contributed by atoms with Crippen LogP contribution >= 0.6 is 0 Å². The van der Waals surface area contributed by atoms with Crippen molar-refractivity contribution in [2.24, 2.45) is 11.8 Å². The van der Waals surface area contributed by atoms with Crippen LogP contribution in [0.1, 0.15) is 73.6 Å². The van der Waals surface area contributed by atoms with Gasteiger partial charge in [-0.05, 0) is 46.5 Å². The predicted molar refractivity (Wildman–Crippen MR) is 114 cm³/mol. The summed E-state index contributed by atoms with van der Waals surface area (Å²) in [7, 11) is 0. The van der Waals surface area contributed by atoms with E-state index < -0.39 is 12.1 Å². The number of Topliss-reactive ketones (excluding diaryl/α,β-unsaturated/α-hetero) is 1. The lowest BCUT2D eigenvalue weighted by atomic mass is 9.94. The Balaban J connectivity index is 2.25. The molecule has 0 bridgehead atoms. The topological polar surface area (TPSA) is 78.9 Å². The van der Waals surface area contributed by atoms with Gasteiger partial charge >= 0.3 is 11.9 Å². The van der Waals surface area contributed by atoms with E-state index in [-0.39, 0.29) is 54.2 Å². The fourth-order valence-electron chi connectivity index (χ4n) is 4.12. The van der Waals surface area contributed by atoms with Crippen molar-refractivity contribution in [3.63, 3.8) is 0 Å². The second kappa shape index (κ2) is 10.4. The van der Waals surface area contributed by atoms with Gasteiger partial charge in [-0.25, -0.2) is 4.79 Å². The van der Waals surface area contributed by atoms with Crippen molar-refractivity contribution >= 4 is 17.7 Å². The molecule has 0 amide bonds. The van der Waals surface area contributed by atoms with Crippen LogP contribution < -0.4 is 0 Å². The van der Waals surface area contributed by atoms with E-state index in [0.29, 0.717) is 6.42 Å². The number of rotatable bonds is 2. The molecule has 0 aliphatic carbocycles. The average Bonchev–Trinajstić information content (AvgIpc) is 2.89. The van der Waals surface area contributed by atoms with E-state index in [1.165, 1.54) is 13.0 Å². The van der Waals surface area contributed by atoms with E-state index in [4.69, 9.17) is 14.2 Å². The Bertz CT molecular complexity index is 704. The van der Waals surface area contributed by atoms with E-state index >= 15 is 0 Å². The second-order valence-electron chi connectivity index (χ2n) is 9.48. The Labute approximate surface area is 180 Å². The van der Waals surface area contributed by atoms with Crippen molar-refractivity contribution in [2.75, 3.05) is 0 Å². The molecule has 1 fully saturated rings. The molecule has 0 aromatic heterocycles. The quantitative estimate of drug-likeness (QED) is 0.489. The highest BCUT2D eigenvalue weighted by molar-refractivity contribution is 5.82. The lowest BCUT2D eigenvalue weighted by molar-refractivity contribution is -0.152. The molecule has 5 atom stereocenters. The zero-order valence-electron chi connectivity index (χ0n) is 19.1. The summed E-state index contributed by atoms with van der Waals surface area (Å²) in [4.78, 5) is 36.4. The van der Waals surface area contributed by atoms with Crippen LogP contribution in [0.3, 0.4) is 0 Å². The van der Waals surface area contributed by atoms with Gasteiger partial charge in [-0.3, -0.25) is 9.59 Å².